The molecule has 0 fully saturated rings. The van der Waals surface area contributed by atoms with Crippen LogP contribution < -0.4 is 0 Å². The molecule has 0 aromatic heterocycles. The van der Waals surface area contributed by atoms with Crippen molar-refractivity contribution < 1.29 is 39.7 Å². The van der Waals surface area contributed by atoms with Crippen LogP contribution in [0.15, 0.2) is 0 Å². The van der Waals surface area contributed by atoms with Crippen molar-refractivity contribution in [2.45, 2.75) is 149 Å². The molecule has 0 heterocycles. The predicted molar refractivity (Wildman–Crippen MR) is 180 cm³/mol. The molecule has 2 atom stereocenters. The first-order valence-corrected chi connectivity index (χ1v) is 16.0. The quantitative estimate of drug-likeness (QED) is 0.117. The van der Waals surface area contributed by atoms with E-state index in [0.29, 0.717) is 24.7 Å². The minimum absolute atomic E-state index is 0.0800. The summed E-state index contributed by atoms with van der Waals surface area (Å²) in [6.45, 7) is 32.3. The zero-order chi connectivity index (χ0) is 38.4. The second kappa shape index (κ2) is 23.2. The van der Waals surface area contributed by atoms with Crippen LogP contribution in [0.2, 0.25) is 0 Å². The van der Waals surface area contributed by atoms with Gasteiger partial charge >= 0.3 is 0 Å². The molecular weight excluding hydrogens is 620 g/mol. The Balaban J connectivity index is -0.000000276. The molecule has 0 aromatic rings. The van der Waals surface area contributed by atoms with Gasteiger partial charge in [0.1, 0.15) is 19.3 Å². The average molecular weight is 687 g/mol. The number of hydrogen-bond acceptors (Lipinski definition) is 12. The maximum Gasteiger partial charge on any atom is 0.294 e. The summed E-state index contributed by atoms with van der Waals surface area (Å²) in [6, 6.07) is 0. The van der Waals surface area contributed by atoms with Crippen molar-refractivity contribution in [3.63, 3.8) is 0 Å². The number of rotatable bonds is 15. The maximum absolute atomic E-state index is 10.2. The third kappa shape index (κ3) is 35.5. The van der Waals surface area contributed by atoms with Gasteiger partial charge in [-0.3, -0.25) is 0 Å². The summed E-state index contributed by atoms with van der Waals surface area (Å²) in [4.78, 5) is 57.9. The molecule has 16 nitrogen and oxygen atoms in total. The third-order valence-electron chi connectivity index (χ3n) is 7.18. The Morgan fingerprint density at radius 2 is 0.915 bits per heavy atom. The lowest BCUT2D eigenvalue weighted by Crippen LogP contribution is -2.44. The van der Waals surface area contributed by atoms with E-state index in [1.165, 1.54) is 6.42 Å². The van der Waals surface area contributed by atoms with E-state index in [9.17, 15) is 40.5 Å². The molecule has 0 aliphatic heterocycles. The molecule has 0 saturated carbocycles. The van der Waals surface area contributed by atoms with Crippen molar-refractivity contribution in [1.29, 1.82) is 0 Å². The van der Waals surface area contributed by atoms with E-state index in [-0.39, 0.29) is 42.7 Å². The van der Waals surface area contributed by atoms with Crippen LogP contribution in [0.3, 0.4) is 0 Å². The Labute approximate surface area is 282 Å². The molecule has 0 spiro atoms. The van der Waals surface area contributed by atoms with E-state index in [4.69, 9.17) is 0 Å². The lowest BCUT2D eigenvalue weighted by atomic mass is 9.66. The van der Waals surface area contributed by atoms with E-state index in [1.807, 2.05) is 55.4 Å². The summed E-state index contributed by atoms with van der Waals surface area (Å²) in [6.07, 6.45) is 3.80. The lowest BCUT2D eigenvalue weighted by Gasteiger charge is -2.42. The largest absolute Gasteiger partial charge is 0.314 e. The molecule has 0 amide bonds. The first kappa shape index (κ1) is 50.7. The maximum atomic E-state index is 10.2. The Bertz CT molecular complexity index is 871. The van der Waals surface area contributed by atoms with Crippen molar-refractivity contribution in [2.75, 3.05) is 19.8 Å². The summed E-state index contributed by atoms with van der Waals surface area (Å²) in [7, 11) is 0. The molecule has 282 valence electrons. The van der Waals surface area contributed by atoms with E-state index in [1.54, 1.807) is 6.92 Å². The molecule has 0 radical (unpaired) electrons. The molecule has 0 aromatic carbocycles. The smallest absolute Gasteiger partial charge is 0.294 e. The summed E-state index contributed by atoms with van der Waals surface area (Å²) in [5.74, 6) is 0.232. The van der Waals surface area contributed by atoms with E-state index >= 15 is 0 Å². The van der Waals surface area contributed by atoms with Gasteiger partial charge in [0.15, 0.2) is 0 Å². The van der Waals surface area contributed by atoms with Crippen LogP contribution in [0.4, 0.5) is 0 Å². The zero-order valence-corrected chi connectivity index (χ0v) is 32.0. The van der Waals surface area contributed by atoms with Gasteiger partial charge in [0.05, 0.1) is 6.61 Å². The van der Waals surface area contributed by atoms with Crippen LogP contribution in [0, 0.1) is 73.5 Å². The minimum atomic E-state index is -0.900. The van der Waals surface area contributed by atoms with Gasteiger partial charge in [-0.25, -0.2) is 0 Å². The predicted octanol–water partition coefficient (Wildman–Crippen LogP) is 8.96. The first-order valence-electron chi connectivity index (χ1n) is 16.0. The molecule has 0 aliphatic rings. The summed E-state index contributed by atoms with van der Waals surface area (Å²) >= 11 is 0. The minimum Gasteiger partial charge on any atom is -0.314 e. The van der Waals surface area contributed by atoms with Crippen molar-refractivity contribution in [2.24, 2.45) is 33.0 Å². The van der Waals surface area contributed by atoms with Gasteiger partial charge in [-0.2, -0.15) is 0 Å². The second-order valence-corrected chi connectivity index (χ2v) is 16.3. The van der Waals surface area contributed by atoms with Crippen molar-refractivity contribution in [1.82, 2.24) is 0 Å². The number of hydrogen-bond donors (Lipinski definition) is 0. The monoisotopic (exact) mass is 686 g/mol. The fourth-order valence-corrected chi connectivity index (χ4v) is 3.91. The van der Waals surface area contributed by atoms with Crippen LogP contribution in [-0.2, 0) is 19.4 Å². The number of nitrogens with zero attached hydrogens (tertiary/aromatic N) is 4. The van der Waals surface area contributed by atoms with Gasteiger partial charge in [0.25, 0.3) is 20.3 Å². The van der Waals surface area contributed by atoms with Gasteiger partial charge in [-0.15, -0.1) is 40.5 Å². The van der Waals surface area contributed by atoms with Gasteiger partial charge in [0, 0.05) is 5.41 Å². The highest BCUT2D eigenvalue weighted by atomic mass is 17.0. The van der Waals surface area contributed by atoms with Gasteiger partial charge in [-0.05, 0) is 53.3 Å². The normalized spacial score (nSPS) is 13.0. The third-order valence-corrected chi connectivity index (χ3v) is 7.18. The average Bonchev–Trinajstić information content (AvgIpc) is 2.85. The summed E-state index contributed by atoms with van der Waals surface area (Å²) in [5, 5.41) is 37.1. The molecule has 47 heavy (non-hydrogen) atoms. The fraction of sp³-hybridized carbons (Fsp3) is 1.00. The van der Waals surface area contributed by atoms with Gasteiger partial charge in [0.2, 0.25) is 0 Å². The first-order chi connectivity index (χ1) is 20.9. The fourth-order valence-electron chi connectivity index (χ4n) is 3.91. The van der Waals surface area contributed by atoms with Crippen molar-refractivity contribution >= 4 is 0 Å². The van der Waals surface area contributed by atoms with Crippen molar-refractivity contribution in [3.05, 3.63) is 40.5 Å². The van der Waals surface area contributed by atoms with E-state index < -0.39 is 31.2 Å². The van der Waals surface area contributed by atoms with Crippen LogP contribution in [-0.4, -0.2) is 46.3 Å². The molecule has 2 unspecified atom stereocenters. The van der Waals surface area contributed by atoms with Gasteiger partial charge < -0.3 is 19.4 Å². The van der Waals surface area contributed by atoms with Crippen LogP contribution in [0.1, 0.15) is 143 Å². The molecule has 0 saturated heterocycles. The van der Waals surface area contributed by atoms with Crippen molar-refractivity contribution in [3.8, 4) is 0 Å². The molecule has 16 heteroatoms. The lowest BCUT2D eigenvalue weighted by molar-refractivity contribution is -0.773. The Morgan fingerprint density at radius 3 is 1.13 bits per heavy atom. The molecule has 0 N–H and O–H groups in total. The highest BCUT2D eigenvalue weighted by Crippen LogP contribution is 2.42. The van der Waals surface area contributed by atoms with Crippen LogP contribution >= 0.6 is 0 Å². The second-order valence-electron chi connectivity index (χ2n) is 16.3. The highest BCUT2D eigenvalue weighted by molar-refractivity contribution is 4.88. The molecule has 0 rings (SSSR count). The summed E-state index contributed by atoms with van der Waals surface area (Å²) < 4.78 is 0. The standard InChI is InChI=1S/C9H18N2O6.2C8H17NO3.C6H14/c1-5-9(8(2,3)4,6-16-10(12)13)7-17-11(14)15;1-7(5-8(2,3)4)6-12-9(10)11;1-5-7(12-9(10)11)6-8(2,3)4;1-5-6(2,3)4/h5-7H2,1-4H3;2*7H,5-6H2,1-4H3;5H2,1-4H3. The topological polar surface area (TPSA) is 209 Å². The summed E-state index contributed by atoms with van der Waals surface area (Å²) in [5.41, 5.74) is -0.378. The SMILES string of the molecule is CC(CO[N+](=O)[O-])CC(C)(C)C.CCC(C)(C)C.CCC(CC(C)(C)C)O[N+](=O)[O-].CCC(CO[N+](=O)[O-])(CO[N+](=O)[O-])C(C)(C)C. The Hall–Kier alpha value is -3.20. The van der Waals surface area contributed by atoms with Gasteiger partial charge in [-0.1, -0.05) is 117 Å². The van der Waals surface area contributed by atoms with Crippen LogP contribution in [0.5, 0.6) is 0 Å². The Morgan fingerprint density at radius 1 is 0.553 bits per heavy atom. The molecule has 0 bridgehead atoms. The highest BCUT2D eigenvalue weighted by Gasteiger charge is 2.42. The van der Waals surface area contributed by atoms with Crippen LogP contribution in [0.25, 0.3) is 0 Å². The zero-order valence-electron chi connectivity index (χ0n) is 32.0. The molecule has 0 aliphatic carbocycles. The Kier molecular flexibility index (Phi) is 25.0. The van der Waals surface area contributed by atoms with E-state index in [0.717, 1.165) is 6.42 Å². The van der Waals surface area contributed by atoms with E-state index in [2.05, 4.69) is 67.8 Å². The molecular formula is C31H66N4O12.